The maximum Gasteiger partial charge on any atom is 0.276 e. The van der Waals surface area contributed by atoms with Crippen LogP contribution in [0, 0.1) is 13.8 Å². The van der Waals surface area contributed by atoms with Gasteiger partial charge >= 0.3 is 0 Å². The van der Waals surface area contributed by atoms with Gasteiger partial charge in [-0.2, -0.15) is 5.10 Å². The molecule has 3 N–H and O–H groups in total. The molecular weight excluding hydrogens is 424 g/mol. The van der Waals surface area contributed by atoms with Gasteiger partial charge in [-0.05, 0) is 55.8 Å². The molecule has 0 aliphatic rings. The van der Waals surface area contributed by atoms with Crippen LogP contribution in [0.15, 0.2) is 53.1 Å². The highest BCUT2D eigenvalue weighted by Gasteiger charge is 2.22. The van der Waals surface area contributed by atoms with Gasteiger partial charge in [-0.3, -0.25) is 9.59 Å². The predicted molar refractivity (Wildman–Crippen MR) is 117 cm³/mol. The number of anilines is 1. The molecule has 0 aliphatic carbocycles. The largest absolute Gasteiger partial charge is 0.463 e. The van der Waals surface area contributed by atoms with Crippen LogP contribution >= 0.6 is 22.9 Å². The molecule has 0 aliphatic heterocycles. The van der Waals surface area contributed by atoms with E-state index in [1.807, 2.05) is 6.92 Å². The van der Waals surface area contributed by atoms with Crippen LogP contribution < -0.4 is 11.1 Å². The number of aryl methyl sites for hydroxylation is 1. The van der Waals surface area contributed by atoms with Crippen LogP contribution in [-0.4, -0.2) is 21.6 Å². The van der Waals surface area contributed by atoms with Gasteiger partial charge in [-0.15, -0.1) is 11.3 Å². The van der Waals surface area contributed by atoms with Crippen molar-refractivity contribution in [3.8, 4) is 17.1 Å². The summed E-state index contributed by atoms with van der Waals surface area (Å²) >= 11 is 7.29. The standard InChI is InChI=1S/C21H17ClN4O3S/c1-11-12(2)30-21(18(11)19(23)27)24-20(28)15-10-16(17-4-3-9-29-17)26(25-15)14-7-5-13(22)6-8-14/h3-10H,1-2H3,(H2,23,27)(H,24,28). The number of carbonyl (C=O) groups is 2. The van der Waals surface area contributed by atoms with Gasteiger partial charge in [0, 0.05) is 16.0 Å². The van der Waals surface area contributed by atoms with Gasteiger partial charge in [-0.1, -0.05) is 11.6 Å². The van der Waals surface area contributed by atoms with Crippen molar-refractivity contribution in [2.75, 3.05) is 5.32 Å². The van der Waals surface area contributed by atoms with Crippen molar-refractivity contribution in [2.24, 2.45) is 5.73 Å². The van der Waals surface area contributed by atoms with Gasteiger partial charge in [0.15, 0.2) is 11.5 Å². The lowest BCUT2D eigenvalue weighted by molar-refractivity contribution is 0.100. The fourth-order valence-corrected chi connectivity index (χ4v) is 4.24. The number of nitrogens with zero attached hydrogens (tertiary/aromatic N) is 2. The van der Waals surface area contributed by atoms with Crippen LogP contribution in [0.1, 0.15) is 31.3 Å². The van der Waals surface area contributed by atoms with Crippen molar-refractivity contribution in [2.45, 2.75) is 13.8 Å². The highest BCUT2D eigenvalue weighted by Crippen LogP contribution is 2.33. The summed E-state index contributed by atoms with van der Waals surface area (Å²) in [5, 5.41) is 8.22. The normalized spacial score (nSPS) is 10.9. The lowest BCUT2D eigenvalue weighted by atomic mass is 10.1. The van der Waals surface area contributed by atoms with Crippen LogP contribution in [0.5, 0.6) is 0 Å². The Hall–Kier alpha value is -3.36. The Morgan fingerprint density at radius 1 is 1.20 bits per heavy atom. The smallest absolute Gasteiger partial charge is 0.276 e. The van der Waals surface area contributed by atoms with Crippen LogP contribution in [0.25, 0.3) is 17.1 Å². The van der Waals surface area contributed by atoms with Gasteiger partial charge < -0.3 is 15.5 Å². The van der Waals surface area contributed by atoms with Crippen LogP contribution in [0.3, 0.4) is 0 Å². The Balaban J connectivity index is 1.74. The molecule has 1 aromatic carbocycles. The molecule has 0 atom stereocenters. The molecule has 0 spiro atoms. The Morgan fingerprint density at radius 2 is 1.93 bits per heavy atom. The first-order valence-corrected chi connectivity index (χ1v) is 10.2. The Morgan fingerprint density at radius 3 is 2.57 bits per heavy atom. The number of amides is 2. The van der Waals surface area contributed by atoms with E-state index in [0.717, 1.165) is 10.4 Å². The topological polar surface area (TPSA) is 103 Å². The molecule has 0 saturated carbocycles. The van der Waals surface area contributed by atoms with Crippen molar-refractivity contribution in [3.05, 3.63) is 75.4 Å². The SMILES string of the molecule is Cc1sc(NC(=O)c2cc(-c3ccco3)n(-c3ccc(Cl)cc3)n2)c(C(N)=O)c1C. The second-order valence-electron chi connectivity index (χ2n) is 6.59. The summed E-state index contributed by atoms with van der Waals surface area (Å²) in [4.78, 5) is 25.7. The zero-order valence-corrected chi connectivity index (χ0v) is 17.7. The van der Waals surface area contributed by atoms with Gasteiger partial charge in [-0.25, -0.2) is 4.68 Å². The summed E-state index contributed by atoms with van der Waals surface area (Å²) in [7, 11) is 0. The van der Waals surface area contributed by atoms with E-state index in [1.54, 1.807) is 60.3 Å². The van der Waals surface area contributed by atoms with Crippen LogP contribution in [-0.2, 0) is 0 Å². The third-order valence-corrected chi connectivity index (χ3v) is 6.02. The zero-order chi connectivity index (χ0) is 21.4. The molecule has 30 heavy (non-hydrogen) atoms. The first-order valence-electron chi connectivity index (χ1n) is 8.96. The Bertz CT molecular complexity index is 1240. The molecule has 9 heteroatoms. The number of benzene rings is 1. The summed E-state index contributed by atoms with van der Waals surface area (Å²) in [6.45, 7) is 3.66. The van der Waals surface area contributed by atoms with Gasteiger partial charge in [0.1, 0.15) is 10.7 Å². The molecule has 0 bridgehead atoms. The fourth-order valence-electron chi connectivity index (χ4n) is 3.05. The molecule has 0 fully saturated rings. The van der Waals surface area contributed by atoms with Crippen LogP contribution in [0.4, 0.5) is 5.00 Å². The van der Waals surface area contributed by atoms with E-state index in [1.165, 1.54) is 11.3 Å². The molecule has 4 rings (SSSR count). The first kappa shape index (κ1) is 19.9. The number of furan rings is 1. The molecule has 152 valence electrons. The van der Waals surface area contributed by atoms with Gasteiger partial charge in [0.2, 0.25) is 0 Å². The van der Waals surface area contributed by atoms with Crippen molar-refractivity contribution in [1.29, 1.82) is 0 Å². The molecule has 3 heterocycles. The molecule has 0 radical (unpaired) electrons. The molecule has 0 saturated heterocycles. The maximum atomic E-state index is 12.9. The number of rotatable bonds is 5. The molecule has 7 nitrogen and oxygen atoms in total. The number of nitrogens with two attached hydrogens (primary N) is 1. The van der Waals surface area contributed by atoms with Crippen molar-refractivity contribution in [3.63, 3.8) is 0 Å². The quantitative estimate of drug-likeness (QED) is 0.464. The summed E-state index contributed by atoms with van der Waals surface area (Å²) in [6.07, 6.45) is 1.55. The molecule has 4 aromatic rings. The first-order chi connectivity index (χ1) is 14.3. The van der Waals surface area contributed by atoms with E-state index in [-0.39, 0.29) is 5.69 Å². The van der Waals surface area contributed by atoms with E-state index >= 15 is 0 Å². The second-order valence-corrected chi connectivity index (χ2v) is 8.25. The van der Waals surface area contributed by atoms with E-state index in [0.29, 0.717) is 32.7 Å². The predicted octanol–water partition coefficient (Wildman–Crippen LogP) is 4.82. The van der Waals surface area contributed by atoms with Crippen molar-refractivity contribution >= 4 is 39.8 Å². The number of nitrogens with one attached hydrogen (secondary N) is 1. The summed E-state index contributed by atoms with van der Waals surface area (Å²) in [5.74, 6) is -0.494. The summed E-state index contributed by atoms with van der Waals surface area (Å²) < 4.78 is 7.11. The highest BCUT2D eigenvalue weighted by molar-refractivity contribution is 7.16. The minimum atomic E-state index is -0.588. The highest BCUT2D eigenvalue weighted by atomic mass is 35.5. The number of carbonyl (C=O) groups excluding carboxylic acids is 2. The number of primary amides is 1. The van der Waals surface area contributed by atoms with Crippen molar-refractivity contribution < 1.29 is 14.0 Å². The van der Waals surface area contributed by atoms with E-state index in [9.17, 15) is 9.59 Å². The lowest BCUT2D eigenvalue weighted by Gasteiger charge is -2.05. The maximum absolute atomic E-state index is 12.9. The molecule has 3 aromatic heterocycles. The number of aromatic nitrogens is 2. The number of hydrogen-bond acceptors (Lipinski definition) is 5. The van der Waals surface area contributed by atoms with E-state index in [4.69, 9.17) is 21.8 Å². The second kappa shape index (κ2) is 7.81. The molecule has 0 unspecified atom stereocenters. The lowest BCUT2D eigenvalue weighted by Crippen LogP contribution is -2.18. The van der Waals surface area contributed by atoms with E-state index in [2.05, 4.69) is 10.4 Å². The van der Waals surface area contributed by atoms with Crippen molar-refractivity contribution in [1.82, 2.24) is 9.78 Å². The zero-order valence-electron chi connectivity index (χ0n) is 16.1. The number of halogens is 1. The Kier molecular flexibility index (Phi) is 5.19. The molecule has 2 amide bonds. The third-order valence-electron chi connectivity index (χ3n) is 4.65. The summed E-state index contributed by atoms with van der Waals surface area (Å²) in [5.41, 5.74) is 8.04. The number of hydrogen-bond donors (Lipinski definition) is 2. The molecular formula is C21H17ClN4O3S. The average Bonchev–Trinajstić information content (AvgIpc) is 3.42. The van der Waals surface area contributed by atoms with Gasteiger partial charge in [0.05, 0.1) is 17.5 Å². The average molecular weight is 441 g/mol. The Labute approximate surface area is 181 Å². The van der Waals surface area contributed by atoms with Crippen LogP contribution in [0.2, 0.25) is 5.02 Å². The minimum Gasteiger partial charge on any atom is -0.463 e. The number of thiophene rings is 1. The van der Waals surface area contributed by atoms with E-state index < -0.39 is 11.8 Å². The monoisotopic (exact) mass is 440 g/mol. The van der Waals surface area contributed by atoms with Gasteiger partial charge in [0.25, 0.3) is 11.8 Å². The fraction of sp³-hybridized carbons (Fsp3) is 0.0952. The third kappa shape index (κ3) is 3.62. The summed E-state index contributed by atoms with van der Waals surface area (Å²) in [6, 6.07) is 12.2. The minimum absolute atomic E-state index is 0.162.